The van der Waals surface area contributed by atoms with Crippen LogP contribution >= 0.6 is 0 Å². The monoisotopic (exact) mass is 212 g/mol. The third-order valence-corrected chi connectivity index (χ3v) is 4.24. The highest BCUT2D eigenvalue weighted by atomic mass is 16.4. The van der Waals surface area contributed by atoms with Crippen molar-refractivity contribution >= 4 is 5.97 Å². The molecule has 0 aromatic heterocycles. The Balaban J connectivity index is 2.21. The third-order valence-electron chi connectivity index (χ3n) is 4.24. The molecule has 2 aliphatic rings. The van der Waals surface area contributed by atoms with Crippen molar-refractivity contribution in [1.29, 1.82) is 0 Å². The van der Waals surface area contributed by atoms with Crippen molar-refractivity contribution < 1.29 is 9.90 Å². The molecule has 0 saturated carbocycles. The van der Waals surface area contributed by atoms with E-state index in [-0.39, 0.29) is 5.54 Å². The van der Waals surface area contributed by atoms with Gasteiger partial charge in [0, 0.05) is 12.1 Å². The van der Waals surface area contributed by atoms with Gasteiger partial charge in [-0.2, -0.15) is 0 Å². The standard InChI is InChI=1S/C11H20N2O2/c1-12(2)11(7-10(14)15)4-6-13-5-3-9(11)8-13/h9H,3-8H2,1-2H3,(H,14,15). The first-order valence-corrected chi connectivity index (χ1v) is 5.66. The van der Waals surface area contributed by atoms with E-state index in [9.17, 15) is 4.79 Å². The molecule has 0 amide bonds. The van der Waals surface area contributed by atoms with Gasteiger partial charge in [-0.05, 0) is 45.9 Å². The van der Waals surface area contributed by atoms with Crippen LogP contribution < -0.4 is 0 Å². The van der Waals surface area contributed by atoms with Crippen LogP contribution in [0.2, 0.25) is 0 Å². The molecule has 1 N–H and O–H groups in total. The zero-order valence-electron chi connectivity index (χ0n) is 9.57. The van der Waals surface area contributed by atoms with Gasteiger partial charge in [0.2, 0.25) is 0 Å². The summed E-state index contributed by atoms with van der Waals surface area (Å²) in [5, 5.41) is 9.07. The molecule has 2 fully saturated rings. The lowest BCUT2D eigenvalue weighted by atomic mass is 9.75. The zero-order valence-corrected chi connectivity index (χ0v) is 9.57. The molecular weight excluding hydrogens is 192 g/mol. The molecule has 2 rings (SSSR count). The van der Waals surface area contributed by atoms with Crippen LogP contribution in [0.4, 0.5) is 0 Å². The quantitative estimate of drug-likeness (QED) is 0.739. The summed E-state index contributed by atoms with van der Waals surface area (Å²) in [5.41, 5.74) is -0.0984. The van der Waals surface area contributed by atoms with E-state index in [0.717, 1.165) is 32.5 Å². The molecule has 15 heavy (non-hydrogen) atoms. The van der Waals surface area contributed by atoms with E-state index in [4.69, 9.17) is 5.11 Å². The summed E-state index contributed by atoms with van der Waals surface area (Å²) in [4.78, 5) is 15.6. The zero-order chi connectivity index (χ0) is 11.1. The fourth-order valence-corrected chi connectivity index (χ4v) is 3.27. The highest BCUT2D eigenvalue weighted by Crippen LogP contribution is 2.40. The largest absolute Gasteiger partial charge is 0.481 e. The number of rotatable bonds is 3. The van der Waals surface area contributed by atoms with Crippen molar-refractivity contribution in [2.24, 2.45) is 5.92 Å². The van der Waals surface area contributed by atoms with E-state index in [1.807, 2.05) is 14.1 Å². The predicted octanol–water partition coefficient (Wildman–Crippen LogP) is 0.487. The van der Waals surface area contributed by atoms with Crippen molar-refractivity contribution in [2.45, 2.75) is 24.8 Å². The Morgan fingerprint density at radius 1 is 1.53 bits per heavy atom. The number of fused-ring (bicyclic) bond motifs is 2. The van der Waals surface area contributed by atoms with Gasteiger partial charge in [-0.3, -0.25) is 4.79 Å². The normalized spacial score (nSPS) is 39.7. The lowest BCUT2D eigenvalue weighted by Crippen LogP contribution is -2.56. The lowest BCUT2D eigenvalue weighted by molar-refractivity contribution is -0.142. The average Bonchev–Trinajstić information content (AvgIpc) is 2.54. The molecule has 3 unspecified atom stereocenters. The number of nitrogens with zero attached hydrogens (tertiary/aromatic N) is 2. The number of carbonyl (C=O) groups is 1. The van der Waals surface area contributed by atoms with Crippen LogP contribution in [0.1, 0.15) is 19.3 Å². The second-order valence-electron chi connectivity index (χ2n) is 5.10. The lowest BCUT2D eigenvalue weighted by Gasteiger charge is -2.47. The number of piperidine rings is 1. The molecule has 2 saturated heterocycles. The van der Waals surface area contributed by atoms with E-state index < -0.39 is 5.97 Å². The number of aliphatic carboxylic acids is 1. The Bertz CT molecular complexity index is 267. The summed E-state index contributed by atoms with van der Waals surface area (Å²) in [6, 6.07) is 0. The summed E-state index contributed by atoms with van der Waals surface area (Å²) in [5.74, 6) is -0.124. The summed E-state index contributed by atoms with van der Waals surface area (Å²) >= 11 is 0. The van der Waals surface area contributed by atoms with Gasteiger partial charge >= 0.3 is 5.97 Å². The number of carboxylic acid groups (broad SMARTS) is 1. The van der Waals surface area contributed by atoms with Crippen LogP contribution in [0.5, 0.6) is 0 Å². The highest BCUT2D eigenvalue weighted by molar-refractivity contribution is 5.68. The van der Waals surface area contributed by atoms with Crippen LogP contribution in [-0.2, 0) is 4.79 Å². The average molecular weight is 212 g/mol. The van der Waals surface area contributed by atoms with Crippen molar-refractivity contribution in [1.82, 2.24) is 9.80 Å². The summed E-state index contributed by atoms with van der Waals surface area (Å²) in [6.45, 7) is 3.30. The van der Waals surface area contributed by atoms with Crippen molar-refractivity contribution in [3.63, 3.8) is 0 Å². The van der Waals surface area contributed by atoms with Crippen LogP contribution in [-0.4, -0.2) is 60.1 Å². The second-order valence-corrected chi connectivity index (χ2v) is 5.10. The molecule has 0 spiro atoms. The van der Waals surface area contributed by atoms with E-state index in [2.05, 4.69) is 9.80 Å². The summed E-state index contributed by atoms with van der Waals surface area (Å²) in [7, 11) is 4.05. The predicted molar refractivity (Wildman–Crippen MR) is 57.8 cm³/mol. The first kappa shape index (κ1) is 10.9. The van der Waals surface area contributed by atoms with E-state index in [1.54, 1.807) is 0 Å². The number of hydrogen-bond donors (Lipinski definition) is 1. The Morgan fingerprint density at radius 2 is 2.27 bits per heavy atom. The molecule has 2 bridgehead atoms. The minimum absolute atomic E-state index is 0.0984. The van der Waals surface area contributed by atoms with Gasteiger partial charge < -0.3 is 14.9 Å². The maximum atomic E-state index is 11.0. The smallest absolute Gasteiger partial charge is 0.305 e. The van der Waals surface area contributed by atoms with Crippen LogP contribution in [0.3, 0.4) is 0 Å². The molecular formula is C11H20N2O2. The third kappa shape index (κ3) is 1.76. The fraction of sp³-hybridized carbons (Fsp3) is 0.909. The first-order valence-electron chi connectivity index (χ1n) is 5.66. The fourth-order valence-electron chi connectivity index (χ4n) is 3.27. The Hall–Kier alpha value is -0.610. The van der Waals surface area contributed by atoms with Gasteiger partial charge in [0.05, 0.1) is 6.42 Å². The van der Waals surface area contributed by atoms with Crippen LogP contribution in [0.15, 0.2) is 0 Å². The summed E-state index contributed by atoms with van der Waals surface area (Å²) < 4.78 is 0. The maximum absolute atomic E-state index is 11.0. The second kappa shape index (κ2) is 3.76. The van der Waals surface area contributed by atoms with E-state index in [0.29, 0.717) is 12.3 Å². The van der Waals surface area contributed by atoms with Crippen molar-refractivity contribution in [3.05, 3.63) is 0 Å². The SMILES string of the molecule is CN(C)C1(CC(=O)O)CCN2CCC1C2. The molecule has 2 aliphatic heterocycles. The molecule has 4 heteroatoms. The number of hydrogen-bond acceptors (Lipinski definition) is 3. The maximum Gasteiger partial charge on any atom is 0.305 e. The number of carboxylic acids is 1. The molecule has 0 aliphatic carbocycles. The van der Waals surface area contributed by atoms with Gasteiger partial charge in [0.25, 0.3) is 0 Å². The summed E-state index contributed by atoms with van der Waals surface area (Å²) in [6.07, 6.45) is 2.45. The van der Waals surface area contributed by atoms with Gasteiger partial charge in [-0.15, -0.1) is 0 Å². The van der Waals surface area contributed by atoms with Crippen LogP contribution in [0.25, 0.3) is 0 Å². The van der Waals surface area contributed by atoms with Gasteiger partial charge in [-0.1, -0.05) is 0 Å². The first-order chi connectivity index (χ1) is 7.04. The molecule has 0 aromatic carbocycles. The molecule has 0 aromatic rings. The van der Waals surface area contributed by atoms with E-state index >= 15 is 0 Å². The Labute approximate surface area is 90.9 Å². The minimum Gasteiger partial charge on any atom is -0.481 e. The molecule has 4 nitrogen and oxygen atoms in total. The van der Waals surface area contributed by atoms with Crippen molar-refractivity contribution in [2.75, 3.05) is 33.7 Å². The molecule has 86 valence electrons. The molecule has 3 atom stereocenters. The molecule has 0 radical (unpaired) electrons. The van der Waals surface area contributed by atoms with Crippen molar-refractivity contribution in [3.8, 4) is 0 Å². The Kier molecular flexibility index (Phi) is 2.73. The van der Waals surface area contributed by atoms with Gasteiger partial charge in [-0.25, -0.2) is 0 Å². The van der Waals surface area contributed by atoms with Gasteiger partial charge in [0.15, 0.2) is 0 Å². The Morgan fingerprint density at radius 3 is 2.87 bits per heavy atom. The van der Waals surface area contributed by atoms with E-state index in [1.165, 1.54) is 0 Å². The molecule has 2 heterocycles. The minimum atomic E-state index is -0.663. The van der Waals surface area contributed by atoms with Crippen LogP contribution in [0, 0.1) is 5.92 Å². The topological polar surface area (TPSA) is 43.8 Å². The highest BCUT2D eigenvalue weighted by Gasteiger charge is 2.48. The van der Waals surface area contributed by atoms with Gasteiger partial charge in [0.1, 0.15) is 0 Å².